The van der Waals surface area contributed by atoms with Crippen molar-refractivity contribution in [3.8, 4) is 5.75 Å². The van der Waals surface area contributed by atoms with Crippen LogP contribution >= 0.6 is 0 Å². The predicted octanol–water partition coefficient (Wildman–Crippen LogP) is 1.58. The lowest BCUT2D eigenvalue weighted by Crippen LogP contribution is -1.96. The fraction of sp³-hybridized carbons (Fsp3) is 0.364. The minimum absolute atomic E-state index is 0.431. The Balaban J connectivity index is 2.94. The maximum atomic E-state index is 10.3. The first-order valence-corrected chi connectivity index (χ1v) is 4.40. The Bertz CT molecular complexity index is 307. The van der Waals surface area contributed by atoms with Crippen molar-refractivity contribution >= 4 is 6.29 Å². The molecule has 0 amide bonds. The molecule has 76 valence electrons. The monoisotopic (exact) mass is 194 g/mol. The van der Waals surface area contributed by atoms with Crippen molar-refractivity contribution in [3.05, 3.63) is 29.3 Å². The maximum Gasteiger partial charge on any atom is 0.124 e. The molecule has 0 spiro atoms. The van der Waals surface area contributed by atoms with Gasteiger partial charge in [0.2, 0.25) is 0 Å². The van der Waals surface area contributed by atoms with Crippen molar-refractivity contribution in [2.45, 2.75) is 13.0 Å². The molecule has 1 rings (SSSR count). The van der Waals surface area contributed by atoms with E-state index in [1.54, 1.807) is 14.2 Å². The zero-order valence-electron chi connectivity index (χ0n) is 8.45. The minimum Gasteiger partial charge on any atom is -0.496 e. The Hall–Kier alpha value is -1.35. The van der Waals surface area contributed by atoms with Crippen LogP contribution in [0.4, 0.5) is 0 Å². The van der Waals surface area contributed by atoms with E-state index in [0.717, 1.165) is 23.2 Å². The molecule has 3 heteroatoms. The summed E-state index contributed by atoms with van der Waals surface area (Å²) in [7, 11) is 3.25. The van der Waals surface area contributed by atoms with E-state index in [2.05, 4.69) is 0 Å². The van der Waals surface area contributed by atoms with Crippen LogP contribution in [0.15, 0.2) is 18.2 Å². The number of methoxy groups -OCH3 is 2. The van der Waals surface area contributed by atoms with Gasteiger partial charge in [-0.2, -0.15) is 0 Å². The van der Waals surface area contributed by atoms with Gasteiger partial charge in [-0.3, -0.25) is 0 Å². The summed E-state index contributed by atoms with van der Waals surface area (Å²) in [6, 6.07) is 5.66. The van der Waals surface area contributed by atoms with Crippen LogP contribution in [-0.2, 0) is 22.6 Å². The van der Waals surface area contributed by atoms with E-state index < -0.39 is 0 Å². The van der Waals surface area contributed by atoms with Crippen LogP contribution in [0.1, 0.15) is 11.1 Å². The van der Waals surface area contributed by atoms with Gasteiger partial charge in [0.15, 0.2) is 0 Å². The highest BCUT2D eigenvalue weighted by Crippen LogP contribution is 2.20. The number of hydrogen-bond acceptors (Lipinski definition) is 3. The van der Waals surface area contributed by atoms with Gasteiger partial charge in [-0.1, -0.05) is 6.07 Å². The van der Waals surface area contributed by atoms with Gasteiger partial charge in [0.1, 0.15) is 12.0 Å². The second-order valence-electron chi connectivity index (χ2n) is 2.95. The van der Waals surface area contributed by atoms with Crippen molar-refractivity contribution in [1.29, 1.82) is 0 Å². The number of rotatable bonds is 5. The van der Waals surface area contributed by atoms with Gasteiger partial charge in [-0.25, -0.2) is 0 Å². The van der Waals surface area contributed by atoms with E-state index in [1.165, 1.54) is 0 Å². The first kappa shape index (κ1) is 10.7. The normalized spacial score (nSPS) is 9.86. The molecule has 0 aliphatic rings. The van der Waals surface area contributed by atoms with E-state index in [-0.39, 0.29) is 0 Å². The summed E-state index contributed by atoms with van der Waals surface area (Å²) in [5.41, 5.74) is 1.95. The number of hydrogen-bond donors (Lipinski definition) is 0. The average molecular weight is 194 g/mol. The Morgan fingerprint density at radius 1 is 1.36 bits per heavy atom. The molecular weight excluding hydrogens is 180 g/mol. The molecule has 0 aliphatic carbocycles. The van der Waals surface area contributed by atoms with Gasteiger partial charge in [0.05, 0.1) is 13.7 Å². The average Bonchev–Trinajstić information content (AvgIpc) is 2.19. The van der Waals surface area contributed by atoms with Crippen LogP contribution in [0.2, 0.25) is 0 Å². The number of carbonyl (C=O) groups is 1. The second kappa shape index (κ2) is 5.40. The lowest BCUT2D eigenvalue weighted by atomic mass is 10.1. The minimum atomic E-state index is 0.431. The van der Waals surface area contributed by atoms with Crippen LogP contribution < -0.4 is 4.74 Å². The van der Waals surface area contributed by atoms with Crippen LogP contribution in [0.25, 0.3) is 0 Å². The molecule has 0 bridgehead atoms. The first-order valence-electron chi connectivity index (χ1n) is 4.40. The number of benzene rings is 1. The molecule has 0 unspecified atom stereocenters. The molecular formula is C11H14O3. The standard InChI is InChI=1S/C11H14O3/c1-13-8-10-7-9(5-6-12)3-4-11(10)14-2/h3-4,6-7H,5,8H2,1-2H3. The Kier molecular flexibility index (Phi) is 4.13. The second-order valence-corrected chi connectivity index (χ2v) is 2.95. The van der Waals surface area contributed by atoms with E-state index in [0.29, 0.717) is 13.0 Å². The van der Waals surface area contributed by atoms with E-state index in [1.807, 2.05) is 18.2 Å². The van der Waals surface area contributed by atoms with Gasteiger partial charge < -0.3 is 14.3 Å². The number of ether oxygens (including phenoxy) is 2. The highest BCUT2D eigenvalue weighted by Gasteiger charge is 2.03. The third-order valence-corrected chi connectivity index (χ3v) is 1.96. The fourth-order valence-corrected chi connectivity index (χ4v) is 1.32. The Labute approximate surface area is 83.6 Å². The van der Waals surface area contributed by atoms with Crippen molar-refractivity contribution in [3.63, 3.8) is 0 Å². The van der Waals surface area contributed by atoms with Crippen LogP contribution in [0.5, 0.6) is 5.75 Å². The smallest absolute Gasteiger partial charge is 0.124 e. The van der Waals surface area contributed by atoms with Crippen molar-refractivity contribution in [2.75, 3.05) is 14.2 Å². The molecule has 14 heavy (non-hydrogen) atoms. The van der Waals surface area contributed by atoms with E-state index in [4.69, 9.17) is 9.47 Å². The third kappa shape index (κ3) is 2.57. The molecule has 0 radical (unpaired) electrons. The molecule has 0 saturated carbocycles. The topological polar surface area (TPSA) is 35.5 Å². The molecule has 0 heterocycles. The predicted molar refractivity (Wildman–Crippen MR) is 53.5 cm³/mol. The quantitative estimate of drug-likeness (QED) is 0.667. The van der Waals surface area contributed by atoms with Crippen molar-refractivity contribution in [1.82, 2.24) is 0 Å². The molecule has 0 aromatic heterocycles. The molecule has 0 atom stereocenters. The number of aldehydes is 1. The van der Waals surface area contributed by atoms with E-state index in [9.17, 15) is 4.79 Å². The van der Waals surface area contributed by atoms with Gasteiger partial charge in [-0.05, 0) is 17.7 Å². The SMILES string of the molecule is COCc1cc(CC=O)ccc1OC. The first-order chi connectivity index (χ1) is 6.81. The fourth-order valence-electron chi connectivity index (χ4n) is 1.32. The summed E-state index contributed by atoms with van der Waals surface area (Å²) < 4.78 is 10.2. The Morgan fingerprint density at radius 2 is 2.14 bits per heavy atom. The molecule has 1 aromatic rings. The summed E-state index contributed by atoms with van der Waals surface area (Å²) in [6.45, 7) is 0.496. The van der Waals surface area contributed by atoms with Gasteiger partial charge in [-0.15, -0.1) is 0 Å². The molecule has 1 aromatic carbocycles. The van der Waals surface area contributed by atoms with Crippen LogP contribution in [-0.4, -0.2) is 20.5 Å². The summed E-state index contributed by atoms with van der Waals surface area (Å²) in [6.07, 6.45) is 1.32. The lowest BCUT2D eigenvalue weighted by molar-refractivity contribution is -0.107. The largest absolute Gasteiger partial charge is 0.496 e. The van der Waals surface area contributed by atoms with Crippen LogP contribution in [0, 0.1) is 0 Å². The van der Waals surface area contributed by atoms with Crippen molar-refractivity contribution in [2.24, 2.45) is 0 Å². The molecule has 0 fully saturated rings. The van der Waals surface area contributed by atoms with Crippen molar-refractivity contribution < 1.29 is 14.3 Å². The zero-order valence-corrected chi connectivity index (χ0v) is 8.45. The molecule has 0 saturated heterocycles. The zero-order chi connectivity index (χ0) is 10.4. The Morgan fingerprint density at radius 3 is 2.71 bits per heavy atom. The lowest BCUT2D eigenvalue weighted by Gasteiger charge is -2.08. The van der Waals surface area contributed by atoms with E-state index >= 15 is 0 Å². The van der Waals surface area contributed by atoms with Gasteiger partial charge >= 0.3 is 0 Å². The highest BCUT2D eigenvalue weighted by atomic mass is 16.5. The summed E-state index contributed by atoms with van der Waals surface area (Å²) >= 11 is 0. The molecule has 0 aliphatic heterocycles. The van der Waals surface area contributed by atoms with Crippen LogP contribution in [0.3, 0.4) is 0 Å². The molecule has 0 N–H and O–H groups in total. The highest BCUT2D eigenvalue weighted by molar-refractivity contribution is 5.55. The maximum absolute atomic E-state index is 10.3. The summed E-state index contributed by atoms with van der Waals surface area (Å²) in [5.74, 6) is 0.793. The summed E-state index contributed by atoms with van der Waals surface area (Å²) in [5, 5.41) is 0. The summed E-state index contributed by atoms with van der Waals surface area (Å²) in [4.78, 5) is 10.3. The molecule has 3 nitrogen and oxygen atoms in total. The van der Waals surface area contributed by atoms with Gasteiger partial charge in [0.25, 0.3) is 0 Å². The number of carbonyl (C=O) groups excluding carboxylic acids is 1. The third-order valence-electron chi connectivity index (χ3n) is 1.96. The van der Waals surface area contributed by atoms with Gasteiger partial charge in [0, 0.05) is 19.1 Å².